The largest absolute Gasteiger partial charge is 0.364 e. The Balaban J connectivity index is 2.22. The van der Waals surface area contributed by atoms with Crippen LogP contribution in [-0.4, -0.2) is 32.5 Å². The van der Waals surface area contributed by atoms with Crippen LogP contribution in [0.25, 0.3) is 0 Å². The molecule has 7 nitrogen and oxygen atoms in total. The Morgan fingerprint density at radius 3 is 2.75 bits per heavy atom. The van der Waals surface area contributed by atoms with E-state index in [4.69, 9.17) is 4.52 Å². The maximum atomic E-state index is 12.3. The Hall–Kier alpha value is -2.44. The summed E-state index contributed by atoms with van der Waals surface area (Å²) in [5.41, 5.74) is 0.523. The molecule has 2 heterocycles. The number of carbonyl (C=O) groups is 1. The first-order chi connectivity index (χ1) is 9.51. The number of carbonyl (C=O) groups excluding carboxylic acids is 1. The number of hydrogen-bond donors (Lipinski definition) is 1. The van der Waals surface area contributed by atoms with Crippen LogP contribution in [-0.2, 0) is 6.54 Å². The first-order valence-corrected chi connectivity index (χ1v) is 6.29. The summed E-state index contributed by atoms with van der Waals surface area (Å²) in [5.74, 6) is 0.508. The van der Waals surface area contributed by atoms with Crippen LogP contribution < -0.4 is 5.43 Å². The van der Waals surface area contributed by atoms with Gasteiger partial charge in [0.2, 0.25) is 5.89 Å². The van der Waals surface area contributed by atoms with Gasteiger partial charge >= 0.3 is 0 Å². The van der Waals surface area contributed by atoms with E-state index in [1.54, 1.807) is 13.8 Å². The molecule has 0 aromatic carbocycles. The molecule has 0 unspecified atom stereocenters. The molecule has 0 aliphatic carbocycles. The molecular formula is C13H16N4O3. The van der Waals surface area contributed by atoms with E-state index >= 15 is 0 Å². The van der Waals surface area contributed by atoms with Gasteiger partial charge in [0.15, 0.2) is 11.3 Å². The number of nitrogens with one attached hydrogen (secondary N) is 1. The van der Waals surface area contributed by atoms with Gasteiger partial charge in [-0.1, -0.05) is 5.16 Å². The van der Waals surface area contributed by atoms with Crippen LogP contribution in [0.15, 0.2) is 21.6 Å². The molecule has 1 N–H and O–H groups in total. The quantitative estimate of drug-likeness (QED) is 0.900. The van der Waals surface area contributed by atoms with E-state index in [1.807, 2.05) is 6.92 Å². The molecule has 7 heteroatoms. The van der Waals surface area contributed by atoms with Crippen molar-refractivity contribution < 1.29 is 9.32 Å². The number of H-pyrrole nitrogens is 1. The number of amides is 1. The van der Waals surface area contributed by atoms with Gasteiger partial charge in [-0.05, 0) is 13.8 Å². The van der Waals surface area contributed by atoms with Gasteiger partial charge in [-0.15, -0.1) is 0 Å². The molecule has 0 aliphatic heterocycles. The van der Waals surface area contributed by atoms with Crippen LogP contribution in [0.3, 0.4) is 0 Å². The molecule has 0 aliphatic rings. The average Bonchev–Trinajstić information content (AvgIpc) is 2.81. The predicted molar refractivity (Wildman–Crippen MR) is 71.2 cm³/mol. The fourth-order valence-electron chi connectivity index (χ4n) is 1.81. The fraction of sp³-hybridized carbons (Fsp3) is 0.385. The summed E-state index contributed by atoms with van der Waals surface area (Å²) in [7, 11) is 0. The summed E-state index contributed by atoms with van der Waals surface area (Å²) in [6.45, 7) is 5.92. The number of rotatable bonds is 4. The van der Waals surface area contributed by atoms with Crippen molar-refractivity contribution in [3.05, 3.63) is 45.5 Å². The molecule has 0 saturated carbocycles. The molecule has 0 saturated heterocycles. The third-order valence-electron chi connectivity index (χ3n) is 2.86. The molecule has 0 spiro atoms. The summed E-state index contributed by atoms with van der Waals surface area (Å²) >= 11 is 0. The summed E-state index contributed by atoms with van der Waals surface area (Å²) in [6, 6.07) is 1.40. The number of aromatic nitrogens is 3. The van der Waals surface area contributed by atoms with Gasteiger partial charge in [-0.2, -0.15) is 4.98 Å². The first-order valence-electron chi connectivity index (χ1n) is 6.29. The molecular weight excluding hydrogens is 260 g/mol. The maximum absolute atomic E-state index is 12.3. The van der Waals surface area contributed by atoms with Crippen molar-refractivity contribution in [3.63, 3.8) is 0 Å². The Bertz CT molecular complexity index is 674. The maximum Gasteiger partial charge on any atom is 0.259 e. The molecule has 2 aromatic rings. The van der Waals surface area contributed by atoms with Crippen LogP contribution in [0, 0.1) is 13.8 Å². The minimum Gasteiger partial charge on any atom is -0.364 e. The van der Waals surface area contributed by atoms with Gasteiger partial charge in [-0.3, -0.25) is 9.59 Å². The van der Waals surface area contributed by atoms with Gasteiger partial charge in [0.25, 0.3) is 5.91 Å². The van der Waals surface area contributed by atoms with Crippen molar-refractivity contribution in [2.24, 2.45) is 0 Å². The summed E-state index contributed by atoms with van der Waals surface area (Å²) in [6.07, 6.45) is 1.43. The molecule has 1 amide bonds. The normalized spacial score (nSPS) is 10.6. The SMILES string of the molecule is CCN(Cc1noc(C)n1)C(=O)c1c[nH]c(C)cc1=O. The Morgan fingerprint density at radius 2 is 2.20 bits per heavy atom. The van der Waals surface area contributed by atoms with Crippen molar-refractivity contribution in [1.82, 2.24) is 20.0 Å². The van der Waals surface area contributed by atoms with Crippen LogP contribution in [0.1, 0.15) is 34.7 Å². The number of hydrogen-bond acceptors (Lipinski definition) is 5. The van der Waals surface area contributed by atoms with Gasteiger partial charge < -0.3 is 14.4 Å². The number of aryl methyl sites for hydroxylation is 2. The van der Waals surface area contributed by atoms with Gasteiger partial charge in [0, 0.05) is 31.4 Å². The molecule has 106 valence electrons. The van der Waals surface area contributed by atoms with E-state index in [9.17, 15) is 9.59 Å². The van der Waals surface area contributed by atoms with E-state index in [0.29, 0.717) is 24.0 Å². The lowest BCUT2D eigenvalue weighted by atomic mass is 10.2. The second kappa shape index (κ2) is 5.68. The zero-order valence-electron chi connectivity index (χ0n) is 11.6. The highest BCUT2D eigenvalue weighted by atomic mass is 16.5. The Labute approximate surface area is 115 Å². The molecule has 20 heavy (non-hydrogen) atoms. The van der Waals surface area contributed by atoms with E-state index in [0.717, 1.165) is 0 Å². The lowest BCUT2D eigenvalue weighted by Gasteiger charge is -2.18. The van der Waals surface area contributed by atoms with Crippen molar-refractivity contribution >= 4 is 5.91 Å². The zero-order valence-corrected chi connectivity index (χ0v) is 11.6. The third kappa shape index (κ3) is 2.93. The standard InChI is InChI=1S/C13H16N4O3/c1-4-17(7-12-15-9(3)20-16-12)13(19)10-6-14-8(2)5-11(10)18/h5-6H,4,7H2,1-3H3,(H,14,18). The number of pyridine rings is 1. The number of nitrogens with zero attached hydrogens (tertiary/aromatic N) is 3. The minimum atomic E-state index is -0.351. The van der Waals surface area contributed by atoms with E-state index < -0.39 is 0 Å². The minimum absolute atomic E-state index is 0.109. The molecule has 0 atom stereocenters. The Morgan fingerprint density at radius 1 is 1.45 bits per heavy atom. The second-order valence-corrected chi connectivity index (χ2v) is 4.44. The molecule has 0 radical (unpaired) electrons. The fourth-order valence-corrected chi connectivity index (χ4v) is 1.81. The van der Waals surface area contributed by atoms with Crippen LogP contribution in [0.4, 0.5) is 0 Å². The lowest BCUT2D eigenvalue weighted by molar-refractivity contribution is 0.0745. The van der Waals surface area contributed by atoms with Gasteiger partial charge in [0.1, 0.15) is 5.56 Å². The highest BCUT2D eigenvalue weighted by Crippen LogP contribution is 2.05. The molecule has 0 bridgehead atoms. The van der Waals surface area contributed by atoms with Crippen LogP contribution in [0.5, 0.6) is 0 Å². The van der Waals surface area contributed by atoms with E-state index in [2.05, 4.69) is 15.1 Å². The second-order valence-electron chi connectivity index (χ2n) is 4.44. The average molecular weight is 276 g/mol. The van der Waals surface area contributed by atoms with Crippen molar-refractivity contribution in [2.45, 2.75) is 27.3 Å². The summed E-state index contributed by atoms with van der Waals surface area (Å²) in [4.78, 5) is 32.6. The van der Waals surface area contributed by atoms with Crippen LogP contribution >= 0.6 is 0 Å². The first kappa shape index (κ1) is 14.0. The van der Waals surface area contributed by atoms with E-state index in [1.165, 1.54) is 17.2 Å². The van der Waals surface area contributed by atoms with Crippen molar-refractivity contribution in [3.8, 4) is 0 Å². The molecule has 2 aromatic heterocycles. The highest BCUT2D eigenvalue weighted by molar-refractivity contribution is 5.93. The third-order valence-corrected chi connectivity index (χ3v) is 2.86. The van der Waals surface area contributed by atoms with Crippen molar-refractivity contribution in [2.75, 3.05) is 6.54 Å². The topological polar surface area (TPSA) is 92.1 Å². The summed E-state index contributed by atoms with van der Waals surface area (Å²) in [5, 5.41) is 3.75. The molecule has 0 fully saturated rings. The Kier molecular flexibility index (Phi) is 3.97. The van der Waals surface area contributed by atoms with Crippen molar-refractivity contribution in [1.29, 1.82) is 0 Å². The number of aromatic amines is 1. The predicted octanol–water partition coefficient (Wildman–Crippen LogP) is 1.04. The van der Waals surface area contributed by atoms with Gasteiger partial charge in [0.05, 0.1) is 6.54 Å². The monoisotopic (exact) mass is 276 g/mol. The summed E-state index contributed by atoms with van der Waals surface area (Å²) < 4.78 is 4.87. The highest BCUT2D eigenvalue weighted by Gasteiger charge is 2.19. The molecule has 2 rings (SSSR count). The lowest BCUT2D eigenvalue weighted by Crippen LogP contribution is -2.34. The van der Waals surface area contributed by atoms with Crippen LogP contribution in [0.2, 0.25) is 0 Å². The zero-order chi connectivity index (χ0) is 14.7. The van der Waals surface area contributed by atoms with Gasteiger partial charge in [-0.25, -0.2) is 0 Å². The smallest absolute Gasteiger partial charge is 0.259 e. The van der Waals surface area contributed by atoms with E-state index in [-0.39, 0.29) is 23.4 Å².